The van der Waals surface area contributed by atoms with Gasteiger partial charge in [-0.3, -0.25) is 19.4 Å². The molecule has 3 N–H and O–H groups in total. The van der Waals surface area contributed by atoms with E-state index in [1.54, 1.807) is 12.4 Å². The molecule has 2 aromatic heterocycles. The van der Waals surface area contributed by atoms with Crippen molar-refractivity contribution in [3.8, 4) is 0 Å². The Hall–Kier alpha value is -5.70. The second-order valence-electron chi connectivity index (χ2n) is 11.8. The number of urea groups is 1. The summed E-state index contributed by atoms with van der Waals surface area (Å²) in [5.74, 6) is -5.91. The van der Waals surface area contributed by atoms with Crippen molar-refractivity contribution in [2.45, 2.75) is 31.4 Å². The number of halogens is 11. The number of nitrogens with one attached hydrogen (secondary N) is 3. The Labute approximate surface area is 326 Å². The second kappa shape index (κ2) is 18.5. The number of amides is 2. The van der Waals surface area contributed by atoms with Crippen LogP contribution in [0.15, 0.2) is 67.1 Å². The summed E-state index contributed by atoms with van der Waals surface area (Å²) in [6.45, 7) is 2.71. The fourth-order valence-electron chi connectivity index (χ4n) is 5.05. The molecule has 4 heterocycles. The first kappa shape index (κ1) is 44.0. The Bertz CT molecular complexity index is 2070. The average molecular weight is 854 g/mol. The third-order valence-electron chi connectivity index (χ3n) is 7.68. The van der Waals surface area contributed by atoms with Crippen molar-refractivity contribution >= 4 is 81.6 Å². The first-order chi connectivity index (χ1) is 26.6. The first-order valence-corrected chi connectivity index (χ1v) is 16.8. The summed E-state index contributed by atoms with van der Waals surface area (Å²) < 4.78 is 98.2. The number of hydrogen-bond acceptors (Lipinski definition) is 10. The third kappa shape index (κ3) is 13.2. The van der Waals surface area contributed by atoms with Crippen molar-refractivity contribution in [3.63, 3.8) is 0 Å². The van der Waals surface area contributed by atoms with Crippen molar-refractivity contribution in [2.75, 3.05) is 47.0 Å². The van der Waals surface area contributed by atoms with Crippen molar-refractivity contribution in [2.24, 2.45) is 0 Å². The average Bonchev–Trinajstić information content (AvgIpc) is 3.15. The molecule has 6 bridgehead atoms. The molecule has 304 valence electrons. The quantitative estimate of drug-likeness (QED) is 0.105. The van der Waals surface area contributed by atoms with Crippen LogP contribution in [0.3, 0.4) is 0 Å². The SMILES string of the molecule is O=C(C(=O)C(F)(F)F)C(F)(F)F.O=C(Nc1ccc2cc1CCc1cncc(c1)Nc1ncc(Cl)c(n1)N2)N1CCN(c2cccc(Cl)c2)CC1.O=CC(F)(F)F. The first-order valence-electron chi connectivity index (χ1n) is 16.1. The van der Waals surface area contributed by atoms with Crippen LogP contribution in [0.25, 0.3) is 0 Å². The van der Waals surface area contributed by atoms with Crippen LogP contribution in [0, 0.1) is 0 Å². The summed E-state index contributed by atoms with van der Waals surface area (Å²) in [6.07, 6.45) is -10.7. The topological polar surface area (TPSA) is 150 Å². The zero-order valence-corrected chi connectivity index (χ0v) is 30.2. The highest BCUT2D eigenvalue weighted by Crippen LogP contribution is 2.30. The van der Waals surface area contributed by atoms with E-state index in [0.717, 1.165) is 53.4 Å². The van der Waals surface area contributed by atoms with Crippen LogP contribution >= 0.6 is 23.2 Å². The lowest BCUT2D eigenvalue weighted by molar-refractivity contribution is -0.193. The zero-order valence-electron chi connectivity index (χ0n) is 28.7. The number of rotatable bonds is 3. The highest BCUT2D eigenvalue weighted by atomic mass is 35.5. The van der Waals surface area contributed by atoms with E-state index in [9.17, 15) is 53.9 Å². The summed E-state index contributed by atoms with van der Waals surface area (Å²) in [7, 11) is 0. The number of aryl methyl sites for hydroxylation is 2. The molecule has 0 aliphatic carbocycles. The number of Topliss-reactive ketones (excluding diaryl/α,β-unsaturated/α-hetero) is 2. The van der Waals surface area contributed by atoms with E-state index < -0.39 is 36.4 Å². The van der Waals surface area contributed by atoms with E-state index in [0.29, 0.717) is 41.3 Å². The van der Waals surface area contributed by atoms with E-state index >= 15 is 0 Å². The Morgan fingerprint density at radius 2 is 1.42 bits per heavy atom. The number of hydrogen-bond donors (Lipinski definition) is 3. The number of fused-ring (bicyclic) bond motifs is 6. The van der Waals surface area contributed by atoms with Gasteiger partial charge in [0.25, 0.3) is 0 Å². The Balaban J connectivity index is 0.000000334. The fourth-order valence-corrected chi connectivity index (χ4v) is 5.37. The van der Waals surface area contributed by atoms with Crippen molar-refractivity contribution in [1.82, 2.24) is 19.9 Å². The molecule has 6 rings (SSSR count). The minimum atomic E-state index is -5.77. The molecule has 0 spiro atoms. The number of benzene rings is 2. The molecule has 1 saturated heterocycles. The lowest BCUT2D eigenvalue weighted by atomic mass is 10.0. The monoisotopic (exact) mass is 852 g/mol. The predicted octanol–water partition coefficient (Wildman–Crippen LogP) is 8.12. The van der Waals surface area contributed by atoms with Gasteiger partial charge in [-0.2, -0.15) is 44.5 Å². The van der Waals surface area contributed by atoms with Gasteiger partial charge in [0.15, 0.2) is 5.82 Å². The number of ketones is 2. The predicted molar refractivity (Wildman–Crippen MR) is 190 cm³/mol. The van der Waals surface area contributed by atoms with Gasteiger partial charge in [0, 0.05) is 54.5 Å². The normalized spacial score (nSPS) is 13.9. The molecule has 1 fully saturated rings. The largest absolute Gasteiger partial charge is 0.458 e. The summed E-state index contributed by atoms with van der Waals surface area (Å²) in [6, 6.07) is 15.6. The van der Waals surface area contributed by atoms with E-state index in [4.69, 9.17) is 28.0 Å². The molecule has 0 radical (unpaired) electrons. The second-order valence-corrected chi connectivity index (χ2v) is 12.6. The number of carbonyl (C=O) groups is 4. The molecule has 2 amide bonds. The lowest BCUT2D eigenvalue weighted by Gasteiger charge is -2.36. The van der Waals surface area contributed by atoms with Crippen LogP contribution in [0.4, 0.5) is 78.8 Å². The summed E-state index contributed by atoms with van der Waals surface area (Å²) in [5.41, 5.74) is 5.50. The van der Waals surface area contributed by atoms with Gasteiger partial charge >= 0.3 is 36.1 Å². The molecule has 0 unspecified atom stereocenters. The van der Waals surface area contributed by atoms with Gasteiger partial charge in [-0.1, -0.05) is 29.3 Å². The Kier molecular flexibility index (Phi) is 14.3. The van der Waals surface area contributed by atoms with E-state index in [1.807, 2.05) is 59.6 Å². The standard InChI is InChI=1S/C28H26Cl2N8O.C4F6O2.C2HF3O/c29-20-2-1-3-23(14-20)37-8-10-38(11-9-37)28(39)35-25-7-6-21-13-19(25)5-4-18-12-22(16-31-15-18)34-27-32-17-24(30)26(33-21)36-27;5-3(6,7)1(11)2(12)4(8,9)10;3-2(4,5)1-6/h1-3,6-7,12-17H,4-5,8-11H2,(H,35,39)(H2,32,33,34,36);;1H. The van der Waals surface area contributed by atoms with E-state index in [2.05, 4.69) is 35.8 Å². The lowest BCUT2D eigenvalue weighted by Crippen LogP contribution is -2.50. The Morgan fingerprint density at radius 3 is 2.02 bits per heavy atom. The maximum atomic E-state index is 13.3. The van der Waals surface area contributed by atoms with E-state index in [1.165, 1.54) is 0 Å². The molecule has 23 heteroatoms. The minimum Gasteiger partial charge on any atom is -0.368 e. The number of carbonyl (C=O) groups excluding carboxylic acids is 4. The van der Waals surface area contributed by atoms with Crippen LogP contribution in [0.1, 0.15) is 11.1 Å². The van der Waals surface area contributed by atoms with Crippen LogP contribution in [0.2, 0.25) is 10.0 Å². The smallest absolute Gasteiger partial charge is 0.368 e. The number of aldehydes is 1. The molecular weight excluding hydrogens is 826 g/mol. The minimum absolute atomic E-state index is 0.114. The number of piperazine rings is 1. The number of nitrogens with zero attached hydrogens (tertiary/aromatic N) is 5. The Morgan fingerprint density at radius 1 is 0.772 bits per heavy atom. The number of anilines is 6. The number of aromatic nitrogens is 3. The van der Waals surface area contributed by atoms with Crippen LogP contribution in [-0.2, 0) is 27.2 Å². The maximum absolute atomic E-state index is 13.3. The van der Waals surface area contributed by atoms with Gasteiger partial charge in [-0.15, -0.1) is 0 Å². The summed E-state index contributed by atoms with van der Waals surface area (Å²) >= 11 is 12.5. The summed E-state index contributed by atoms with van der Waals surface area (Å²) in [5, 5.41) is 10.7. The molecule has 0 atom stereocenters. The van der Waals surface area contributed by atoms with Crippen LogP contribution < -0.4 is 20.9 Å². The number of pyridine rings is 1. The molecule has 2 aromatic carbocycles. The molecule has 0 saturated carbocycles. The van der Waals surface area contributed by atoms with Crippen LogP contribution in [-0.4, -0.2) is 88.4 Å². The third-order valence-corrected chi connectivity index (χ3v) is 8.19. The van der Waals surface area contributed by atoms with Gasteiger partial charge in [-0.05, 0) is 66.4 Å². The van der Waals surface area contributed by atoms with Gasteiger partial charge < -0.3 is 25.8 Å². The molecule has 12 nitrogen and oxygen atoms in total. The zero-order chi connectivity index (χ0) is 42.1. The highest BCUT2D eigenvalue weighted by Gasteiger charge is 2.54. The highest BCUT2D eigenvalue weighted by molar-refractivity contribution is 6.41. The van der Waals surface area contributed by atoms with Gasteiger partial charge in [0.1, 0.15) is 5.02 Å². The summed E-state index contributed by atoms with van der Waals surface area (Å²) in [4.78, 5) is 58.5. The van der Waals surface area contributed by atoms with Gasteiger partial charge in [-0.25, -0.2) is 9.78 Å². The van der Waals surface area contributed by atoms with Crippen molar-refractivity contribution in [1.29, 1.82) is 0 Å². The molecule has 2 aliphatic rings. The molecule has 57 heavy (non-hydrogen) atoms. The maximum Gasteiger partial charge on any atom is 0.458 e. The van der Waals surface area contributed by atoms with E-state index in [-0.39, 0.29) is 6.03 Å². The molecule has 4 aromatic rings. The van der Waals surface area contributed by atoms with Crippen LogP contribution in [0.5, 0.6) is 0 Å². The van der Waals surface area contributed by atoms with Gasteiger partial charge in [0.05, 0.1) is 18.1 Å². The number of alkyl halides is 9. The molecule has 2 aliphatic heterocycles. The fraction of sp³-hybridized carbons (Fsp3) is 0.265. The van der Waals surface area contributed by atoms with Crippen molar-refractivity contribution < 1.29 is 58.7 Å². The van der Waals surface area contributed by atoms with Crippen molar-refractivity contribution in [3.05, 3.63) is 88.3 Å². The molecular formula is C34H27Cl2F9N8O4. The van der Waals surface area contributed by atoms with Gasteiger partial charge in [0.2, 0.25) is 12.2 Å².